The maximum Gasteiger partial charge on any atom is 0.251 e. The summed E-state index contributed by atoms with van der Waals surface area (Å²) in [6, 6.07) is 4.38. The van der Waals surface area contributed by atoms with Gasteiger partial charge in [-0.2, -0.15) is 0 Å². The van der Waals surface area contributed by atoms with Crippen LogP contribution in [0.3, 0.4) is 0 Å². The predicted octanol–water partition coefficient (Wildman–Crippen LogP) is 3.29. The fourth-order valence-corrected chi connectivity index (χ4v) is 1.45. The zero-order valence-electron chi connectivity index (χ0n) is 10.3. The van der Waals surface area contributed by atoms with E-state index in [4.69, 9.17) is 0 Å². The van der Waals surface area contributed by atoms with Crippen LogP contribution in [0.25, 0.3) is 0 Å². The van der Waals surface area contributed by atoms with E-state index in [0.717, 1.165) is 5.33 Å². The van der Waals surface area contributed by atoms with E-state index in [-0.39, 0.29) is 17.1 Å². The molecule has 0 spiro atoms. The smallest absolute Gasteiger partial charge is 0.251 e. The second kappa shape index (κ2) is 5.63. The molecule has 0 aromatic heterocycles. The average Bonchev–Trinajstić information content (AvgIpc) is 2.30. The first kappa shape index (κ1) is 14.2. The van der Waals surface area contributed by atoms with Crippen molar-refractivity contribution in [2.75, 3.05) is 11.9 Å². The topological polar surface area (TPSA) is 29.1 Å². The van der Waals surface area contributed by atoms with Gasteiger partial charge in [-0.25, -0.2) is 4.39 Å². The van der Waals surface area contributed by atoms with Crippen LogP contribution in [0.5, 0.6) is 0 Å². The molecule has 0 aliphatic rings. The lowest BCUT2D eigenvalue weighted by Crippen LogP contribution is -2.34. The molecule has 94 valence electrons. The van der Waals surface area contributed by atoms with Crippen LogP contribution in [0.1, 0.15) is 29.8 Å². The Bertz CT molecular complexity index is 418. The molecule has 1 aromatic carbocycles. The van der Waals surface area contributed by atoms with Gasteiger partial charge in [0.05, 0.1) is 0 Å². The lowest BCUT2D eigenvalue weighted by atomic mass is 9.96. The third-order valence-electron chi connectivity index (χ3n) is 2.51. The summed E-state index contributed by atoms with van der Waals surface area (Å²) in [7, 11) is 0. The molecule has 0 aliphatic carbocycles. The van der Waals surface area contributed by atoms with E-state index in [9.17, 15) is 9.18 Å². The van der Waals surface area contributed by atoms with Gasteiger partial charge in [0.25, 0.3) is 5.91 Å². The van der Waals surface area contributed by atoms with Crippen LogP contribution < -0.4 is 5.32 Å². The van der Waals surface area contributed by atoms with Crippen LogP contribution in [0.4, 0.5) is 4.39 Å². The second-order valence-electron chi connectivity index (χ2n) is 4.94. The largest absolute Gasteiger partial charge is 0.351 e. The first-order valence-corrected chi connectivity index (χ1v) is 6.58. The van der Waals surface area contributed by atoms with E-state index in [2.05, 4.69) is 35.1 Å². The highest BCUT2D eigenvalue weighted by atomic mass is 79.9. The van der Waals surface area contributed by atoms with Gasteiger partial charge in [0, 0.05) is 17.4 Å². The molecule has 0 bridgehead atoms. The summed E-state index contributed by atoms with van der Waals surface area (Å²) in [6.45, 7) is 6.33. The summed E-state index contributed by atoms with van der Waals surface area (Å²) in [6.07, 6.45) is 0. The van der Waals surface area contributed by atoms with Crippen molar-refractivity contribution in [3.63, 3.8) is 0 Å². The Labute approximate surface area is 110 Å². The molecule has 2 nitrogen and oxygen atoms in total. The van der Waals surface area contributed by atoms with Crippen LogP contribution in [0.15, 0.2) is 18.2 Å². The van der Waals surface area contributed by atoms with Crippen molar-refractivity contribution in [2.45, 2.75) is 20.8 Å². The summed E-state index contributed by atoms with van der Waals surface area (Å²) in [4.78, 5) is 11.8. The van der Waals surface area contributed by atoms with E-state index in [0.29, 0.717) is 17.7 Å². The van der Waals surface area contributed by atoms with Crippen LogP contribution in [0, 0.1) is 18.2 Å². The average molecular weight is 302 g/mol. The molecule has 17 heavy (non-hydrogen) atoms. The van der Waals surface area contributed by atoms with Gasteiger partial charge >= 0.3 is 0 Å². The van der Waals surface area contributed by atoms with Crippen molar-refractivity contribution < 1.29 is 9.18 Å². The van der Waals surface area contributed by atoms with Gasteiger partial charge in [0.2, 0.25) is 0 Å². The summed E-state index contributed by atoms with van der Waals surface area (Å²) in [5.74, 6) is -0.454. The van der Waals surface area contributed by atoms with Gasteiger partial charge in [-0.1, -0.05) is 29.8 Å². The maximum atomic E-state index is 13.1. The fourth-order valence-electron chi connectivity index (χ4n) is 1.25. The number of benzene rings is 1. The fraction of sp³-hybridized carbons (Fsp3) is 0.462. The Morgan fingerprint density at radius 1 is 1.47 bits per heavy atom. The molecule has 0 radical (unpaired) electrons. The molecule has 4 heteroatoms. The minimum Gasteiger partial charge on any atom is -0.351 e. The van der Waals surface area contributed by atoms with E-state index < -0.39 is 0 Å². The van der Waals surface area contributed by atoms with E-state index in [1.165, 1.54) is 12.1 Å². The molecule has 0 aliphatic heterocycles. The highest BCUT2D eigenvalue weighted by Gasteiger charge is 2.17. The summed E-state index contributed by atoms with van der Waals surface area (Å²) < 4.78 is 13.1. The van der Waals surface area contributed by atoms with Crippen LogP contribution in [-0.2, 0) is 0 Å². The molecule has 0 atom stereocenters. The molecule has 0 unspecified atom stereocenters. The number of carbonyl (C=O) groups is 1. The Kier molecular flexibility index (Phi) is 4.69. The molecule has 1 aromatic rings. The number of rotatable bonds is 4. The van der Waals surface area contributed by atoms with Gasteiger partial charge in [0.1, 0.15) is 5.82 Å². The number of amides is 1. The number of alkyl halides is 1. The molecule has 1 rings (SSSR count). The standard InChI is InChI=1S/C13H17BrFNO/c1-9-6-10(4-5-11(9)15)12(17)16-8-13(2,3)7-14/h4-6H,7-8H2,1-3H3,(H,16,17). The second-order valence-corrected chi connectivity index (χ2v) is 5.51. The molecular formula is C13H17BrFNO. The zero-order valence-corrected chi connectivity index (χ0v) is 11.9. The first-order chi connectivity index (χ1) is 7.85. The van der Waals surface area contributed by atoms with Crippen LogP contribution in [0.2, 0.25) is 0 Å². The zero-order chi connectivity index (χ0) is 13.1. The highest BCUT2D eigenvalue weighted by Crippen LogP contribution is 2.17. The lowest BCUT2D eigenvalue weighted by Gasteiger charge is -2.21. The van der Waals surface area contributed by atoms with Gasteiger partial charge in [0.15, 0.2) is 0 Å². The SMILES string of the molecule is Cc1cc(C(=O)NCC(C)(C)CBr)ccc1F. The Morgan fingerprint density at radius 3 is 2.65 bits per heavy atom. The van der Waals surface area contributed by atoms with Crippen molar-refractivity contribution in [1.29, 1.82) is 0 Å². The number of hydrogen-bond donors (Lipinski definition) is 1. The van der Waals surface area contributed by atoms with Crippen LogP contribution in [-0.4, -0.2) is 17.8 Å². The third-order valence-corrected chi connectivity index (χ3v) is 4.03. The maximum absolute atomic E-state index is 13.1. The van der Waals surface area contributed by atoms with Crippen molar-refractivity contribution in [1.82, 2.24) is 5.32 Å². The number of hydrogen-bond acceptors (Lipinski definition) is 1. The van der Waals surface area contributed by atoms with E-state index >= 15 is 0 Å². The molecular weight excluding hydrogens is 285 g/mol. The van der Waals surface area contributed by atoms with Crippen molar-refractivity contribution in [3.8, 4) is 0 Å². The highest BCUT2D eigenvalue weighted by molar-refractivity contribution is 9.09. The summed E-state index contributed by atoms with van der Waals surface area (Å²) in [5, 5.41) is 3.65. The predicted molar refractivity (Wildman–Crippen MR) is 71.0 cm³/mol. The third kappa shape index (κ3) is 4.11. The number of carbonyl (C=O) groups excluding carboxylic acids is 1. The first-order valence-electron chi connectivity index (χ1n) is 5.46. The van der Waals surface area contributed by atoms with Gasteiger partial charge in [-0.05, 0) is 36.1 Å². The minimum atomic E-state index is -0.290. The Morgan fingerprint density at radius 2 is 2.12 bits per heavy atom. The van der Waals surface area contributed by atoms with Crippen molar-refractivity contribution in [3.05, 3.63) is 35.1 Å². The number of halogens is 2. The normalized spacial score (nSPS) is 11.4. The number of aryl methyl sites for hydroxylation is 1. The molecule has 1 N–H and O–H groups in total. The molecule has 0 saturated carbocycles. The van der Waals surface area contributed by atoms with E-state index in [1.54, 1.807) is 13.0 Å². The van der Waals surface area contributed by atoms with Crippen molar-refractivity contribution >= 4 is 21.8 Å². The quantitative estimate of drug-likeness (QED) is 0.850. The van der Waals surface area contributed by atoms with Crippen LogP contribution >= 0.6 is 15.9 Å². The van der Waals surface area contributed by atoms with E-state index in [1.807, 2.05) is 0 Å². The molecule has 1 amide bonds. The Hall–Kier alpha value is -0.900. The van der Waals surface area contributed by atoms with Crippen molar-refractivity contribution in [2.24, 2.45) is 5.41 Å². The Balaban J connectivity index is 2.68. The molecule has 0 saturated heterocycles. The monoisotopic (exact) mass is 301 g/mol. The minimum absolute atomic E-state index is 0.00470. The van der Waals surface area contributed by atoms with Gasteiger partial charge in [-0.15, -0.1) is 0 Å². The number of nitrogens with one attached hydrogen (secondary N) is 1. The molecule has 0 heterocycles. The van der Waals surface area contributed by atoms with Gasteiger partial charge < -0.3 is 5.32 Å². The summed E-state index contributed by atoms with van der Waals surface area (Å²) in [5.41, 5.74) is 0.983. The van der Waals surface area contributed by atoms with Gasteiger partial charge in [-0.3, -0.25) is 4.79 Å². The molecule has 0 fully saturated rings. The summed E-state index contributed by atoms with van der Waals surface area (Å²) >= 11 is 3.40. The lowest BCUT2D eigenvalue weighted by molar-refractivity contribution is 0.0940.